The largest absolute Gasteiger partial charge is 0.383 e. The van der Waals surface area contributed by atoms with Gasteiger partial charge in [-0.3, -0.25) is 0 Å². The molecular weight excluding hydrogens is 276 g/mol. The van der Waals surface area contributed by atoms with Crippen molar-refractivity contribution in [2.45, 2.75) is 58.0 Å². The molecule has 1 rings (SSSR count). The van der Waals surface area contributed by atoms with Gasteiger partial charge in [-0.1, -0.05) is 20.3 Å². The Labute approximate surface area is 124 Å². The highest BCUT2D eigenvalue weighted by atomic mass is 32.2. The number of hydrogen-bond donors (Lipinski definition) is 1. The lowest BCUT2D eigenvalue weighted by atomic mass is 10.1. The first-order chi connectivity index (χ1) is 9.55. The van der Waals surface area contributed by atoms with Crippen molar-refractivity contribution in [3.05, 3.63) is 0 Å². The molecule has 120 valence electrons. The number of piperidine rings is 1. The van der Waals surface area contributed by atoms with Crippen molar-refractivity contribution in [3.8, 4) is 0 Å². The van der Waals surface area contributed by atoms with Crippen LogP contribution in [-0.4, -0.2) is 57.4 Å². The minimum atomic E-state index is -3.23. The molecule has 0 aromatic rings. The van der Waals surface area contributed by atoms with Gasteiger partial charge in [-0.05, 0) is 32.2 Å². The van der Waals surface area contributed by atoms with E-state index in [1.54, 1.807) is 11.4 Å². The zero-order chi connectivity index (χ0) is 15.0. The number of nitrogens with zero attached hydrogens (tertiary/aromatic N) is 1. The van der Waals surface area contributed by atoms with Crippen LogP contribution < -0.4 is 5.32 Å². The summed E-state index contributed by atoms with van der Waals surface area (Å²) in [5.74, 6) is 0.215. The highest BCUT2D eigenvalue weighted by Gasteiger charge is 2.30. The summed E-state index contributed by atoms with van der Waals surface area (Å²) in [5.41, 5.74) is 0. The van der Waals surface area contributed by atoms with Crippen LogP contribution in [0.3, 0.4) is 0 Å². The summed E-state index contributed by atoms with van der Waals surface area (Å²) in [6, 6.07) is 0.187. The fourth-order valence-corrected chi connectivity index (χ4v) is 4.93. The van der Waals surface area contributed by atoms with Crippen molar-refractivity contribution in [1.82, 2.24) is 9.62 Å². The monoisotopic (exact) mass is 306 g/mol. The molecule has 0 radical (unpaired) electrons. The fourth-order valence-electron chi connectivity index (χ4n) is 2.84. The highest BCUT2D eigenvalue weighted by molar-refractivity contribution is 7.89. The lowest BCUT2D eigenvalue weighted by Crippen LogP contribution is -2.48. The van der Waals surface area contributed by atoms with Gasteiger partial charge in [0, 0.05) is 25.7 Å². The Morgan fingerprint density at radius 3 is 2.50 bits per heavy atom. The summed E-state index contributed by atoms with van der Waals surface area (Å²) in [6.07, 6.45) is 4.92. The Kier molecular flexibility index (Phi) is 8.02. The van der Waals surface area contributed by atoms with Crippen LogP contribution in [0.25, 0.3) is 0 Å². The zero-order valence-corrected chi connectivity index (χ0v) is 13.9. The third-order valence-electron chi connectivity index (χ3n) is 4.05. The molecule has 0 spiro atoms. The highest BCUT2D eigenvalue weighted by Crippen LogP contribution is 2.17. The first kappa shape index (κ1) is 17.9. The van der Waals surface area contributed by atoms with Gasteiger partial charge >= 0.3 is 0 Å². The topological polar surface area (TPSA) is 58.6 Å². The second kappa shape index (κ2) is 8.97. The molecule has 0 saturated carbocycles. The molecule has 1 atom stereocenters. The molecule has 0 amide bonds. The molecule has 1 fully saturated rings. The van der Waals surface area contributed by atoms with E-state index in [0.717, 1.165) is 38.6 Å². The van der Waals surface area contributed by atoms with Crippen LogP contribution in [0.5, 0.6) is 0 Å². The second-order valence-electron chi connectivity index (χ2n) is 5.50. The summed E-state index contributed by atoms with van der Waals surface area (Å²) in [7, 11) is -1.62. The molecule has 0 aromatic carbocycles. The van der Waals surface area contributed by atoms with Crippen molar-refractivity contribution < 1.29 is 13.2 Å². The predicted octanol–water partition coefficient (Wildman–Crippen LogP) is 1.60. The van der Waals surface area contributed by atoms with E-state index >= 15 is 0 Å². The van der Waals surface area contributed by atoms with Gasteiger partial charge < -0.3 is 10.1 Å². The molecule has 1 saturated heterocycles. The molecule has 1 aliphatic heterocycles. The van der Waals surface area contributed by atoms with E-state index in [-0.39, 0.29) is 17.8 Å². The van der Waals surface area contributed by atoms with Crippen molar-refractivity contribution in [2.24, 2.45) is 0 Å². The van der Waals surface area contributed by atoms with Crippen LogP contribution in [-0.2, 0) is 14.8 Å². The van der Waals surface area contributed by atoms with Gasteiger partial charge in [0.1, 0.15) is 0 Å². The van der Waals surface area contributed by atoms with Gasteiger partial charge in [0.15, 0.2) is 0 Å². The smallest absolute Gasteiger partial charge is 0.215 e. The third-order valence-corrected chi connectivity index (χ3v) is 6.07. The molecule has 20 heavy (non-hydrogen) atoms. The summed E-state index contributed by atoms with van der Waals surface area (Å²) in [5, 5.41) is 3.32. The summed E-state index contributed by atoms with van der Waals surface area (Å²) >= 11 is 0. The van der Waals surface area contributed by atoms with Gasteiger partial charge in [0.05, 0.1) is 12.4 Å². The van der Waals surface area contributed by atoms with Crippen LogP contribution in [0, 0.1) is 0 Å². The zero-order valence-electron chi connectivity index (χ0n) is 13.1. The number of sulfonamides is 1. The fraction of sp³-hybridized carbons (Fsp3) is 1.00. The Bertz CT molecular complexity index is 349. The maximum Gasteiger partial charge on any atom is 0.215 e. The van der Waals surface area contributed by atoms with E-state index in [0.29, 0.717) is 13.2 Å². The van der Waals surface area contributed by atoms with Crippen LogP contribution >= 0.6 is 0 Å². The SMILES string of the molecule is CCC(CC)N(CCOC)S(=O)(=O)CC1CCCCN1. The third kappa shape index (κ3) is 5.31. The Morgan fingerprint density at radius 1 is 1.30 bits per heavy atom. The number of rotatable bonds is 9. The maximum absolute atomic E-state index is 12.7. The van der Waals surface area contributed by atoms with Crippen molar-refractivity contribution in [3.63, 3.8) is 0 Å². The molecule has 0 aliphatic carbocycles. The molecular formula is C14H30N2O3S. The van der Waals surface area contributed by atoms with Crippen LogP contribution in [0.2, 0.25) is 0 Å². The van der Waals surface area contributed by atoms with E-state index in [2.05, 4.69) is 5.32 Å². The standard InChI is InChI=1S/C14H30N2O3S/c1-4-14(5-2)16(10-11-19-3)20(17,18)12-13-8-6-7-9-15-13/h13-15H,4-12H2,1-3H3. The first-order valence-corrected chi connectivity index (χ1v) is 9.37. The number of methoxy groups -OCH3 is 1. The van der Waals surface area contributed by atoms with Gasteiger partial charge in [0.25, 0.3) is 0 Å². The molecule has 0 aromatic heterocycles. The molecule has 6 heteroatoms. The minimum absolute atomic E-state index is 0.0822. The van der Waals surface area contributed by atoms with Crippen LogP contribution in [0.4, 0.5) is 0 Å². The molecule has 1 unspecified atom stereocenters. The van der Waals surface area contributed by atoms with E-state index in [1.807, 2.05) is 13.8 Å². The quantitative estimate of drug-likeness (QED) is 0.703. The number of nitrogens with one attached hydrogen (secondary N) is 1. The average Bonchev–Trinajstić information content (AvgIpc) is 2.44. The van der Waals surface area contributed by atoms with Crippen molar-refractivity contribution in [1.29, 1.82) is 0 Å². The molecule has 0 bridgehead atoms. The Morgan fingerprint density at radius 2 is 2.00 bits per heavy atom. The normalized spacial score (nSPS) is 20.8. The van der Waals surface area contributed by atoms with Crippen LogP contribution in [0.15, 0.2) is 0 Å². The summed E-state index contributed by atoms with van der Waals surface area (Å²) in [6.45, 7) is 5.93. The van der Waals surface area contributed by atoms with E-state index in [1.165, 1.54) is 0 Å². The minimum Gasteiger partial charge on any atom is -0.383 e. The van der Waals surface area contributed by atoms with E-state index in [4.69, 9.17) is 4.74 Å². The maximum atomic E-state index is 12.7. The van der Waals surface area contributed by atoms with E-state index in [9.17, 15) is 8.42 Å². The van der Waals surface area contributed by atoms with Gasteiger partial charge in [-0.25, -0.2) is 8.42 Å². The van der Waals surface area contributed by atoms with Gasteiger partial charge in [-0.2, -0.15) is 4.31 Å². The lowest BCUT2D eigenvalue weighted by molar-refractivity contribution is 0.163. The van der Waals surface area contributed by atoms with E-state index < -0.39 is 10.0 Å². The number of ether oxygens (including phenoxy) is 1. The van der Waals surface area contributed by atoms with Crippen molar-refractivity contribution in [2.75, 3.05) is 32.6 Å². The number of hydrogen-bond acceptors (Lipinski definition) is 4. The summed E-state index contributed by atoms with van der Waals surface area (Å²) < 4.78 is 32.1. The lowest BCUT2D eigenvalue weighted by Gasteiger charge is -2.32. The Hall–Kier alpha value is -0.170. The van der Waals surface area contributed by atoms with Gasteiger partial charge in [-0.15, -0.1) is 0 Å². The second-order valence-corrected chi connectivity index (χ2v) is 7.47. The molecule has 1 aliphatic rings. The van der Waals surface area contributed by atoms with Crippen LogP contribution in [0.1, 0.15) is 46.0 Å². The Balaban J connectivity index is 2.74. The molecule has 1 heterocycles. The predicted molar refractivity (Wildman–Crippen MR) is 82.4 cm³/mol. The average molecular weight is 306 g/mol. The summed E-state index contributed by atoms with van der Waals surface area (Å²) in [4.78, 5) is 0. The van der Waals surface area contributed by atoms with Gasteiger partial charge in [0.2, 0.25) is 10.0 Å². The van der Waals surface area contributed by atoms with Crippen molar-refractivity contribution >= 4 is 10.0 Å². The molecule has 5 nitrogen and oxygen atoms in total. The molecule has 1 N–H and O–H groups in total. The first-order valence-electron chi connectivity index (χ1n) is 7.77.